The highest BCUT2D eigenvalue weighted by molar-refractivity contribution is 6.08. The molecule has 1 atom stereocenters. The molecule has 3 rings (SSSR count). The maximum Gasteiger partial charge on any atom is 0.162 e. The van der Waals surface area contributed by atoms with Crippen LogP contribution in [0.1, 0.15) is 25.3 Å². The van der Waals surface area contributed by atoms with Gasteiger partial charge in [-0.1, -0.05) is 37.3 Å². The fourth-order valence-electron chi connectivity index (χ4n) is 2.70. The third-order valence-electron chi connectivity index (χ3n) is 3.97. The number of ketones is 1. The highest BCUT2D eigenvalue weighted by Crippen LogP contribution is 2.60. The zero-order chi connectivity index (χ0) is 10.5. The molecule has 2 aliphatic rings. The molecule has 0 aromatic heterocycles. The molecule has 1 spiro atoms. The molecule has 1 aromatic carbocycles. The molecule has 1 nitrogen and oxygen atoms in total. The quantitative estimate of drug-likeness (QED) is 0.677. The topological polar surface area (TPSA) is 17.1 Å². The van der Waals surface area contributed by atoms with E-state index in [2.05, 4.69) is 19.1 Å². The van der Waals surface area contributed by atoms with E-state index in [4.69, 9.17) is 0 Å². The average molecular weight is 198 g/mol. The van der Waals surface area contributed by atoms with Crippen LogP contribution in [0.3, 0.4) is 0 Å². The molecule has 15 heavy (non-hydrogen) atoms. The Bertz CT molecular complexity index is 438. The van der Waals surface area contributed by atoms with Crippen molar-refractivity contribution in [2.45, 2.75) is 19.8 Å². The summed E-state index contributed by atoms with van der Waals surface area (Å²) in [6, 6.07) is 10.3. The van der Waals surface area contributed by atoms with Gasteiger partial charge in [0.05, 0.1) is 0 Å². The molecule has 0 bridgehead atoms. The van der Waals surface area contributed by atoms with Crippen LogP contribution in [0.2, 0.25) is 0 Å². The van der Waals surface area contributed by atoms with Gasteiger partial charge in [-0.3, -0.25) is 4.79 Å². The lowest BCUT2D eigenvalue weighted by Gasteiger charge is -2.15. The van der Waals surface area contributed by atoms with Gasteiger partial charge in [-0.05, 0) is 36.0 Å². The largest absolute Gasteiger partial charge is 0.294 e. The van der Waals surface area contributed by atoms with E-state index in [-0.39, 0.29) is 5.41 Å². The van der Waals surface area contributed by atoms with Crippen LogP contribution in [-0.4, -0.2) is 5.78 Å². The molecule has 0 radical (unpaired) electrons. The fraction of sp³-hybridized carbons (Fsp3) is 0.357. The summed E-state index contributed by atoms with van der Waals surface area (Å²) >= 11 is 0. The van der Waals surface area contributed by atoms with Crippen LogP contribution in [0.15, 0.2) is 36.4 Å². The van der Waals surface area contributed by atoms with Crippen LogP contribution in [0.25, 0.3) is 5.57 Å². The standard InChI is InChI=1S/C14H14O/c1-10-12(11-5-3-2-4-6-11)9-13(15)14(10)7-8-14/h2-6,9-10H,7-8H2,1H3. The minimum absolute atomic E-state index is 0.00513. The maximum absolute atomic E-state index is 11.9. The van der Waals surface area contributed by atoms with Gasteiger partial charge < -0.3 is 0 Å². The molecule has 1 unspecified atom stereocenters. The van der Waals surface area contributed by atoms with Crippen LogP contribution < -0.4 is 0 Å². The van der Waals surface area contributed by atoms with Crippen molar-refractivity contribution in [1.82, 2.24) is 0 Å². The third-order valence-corrected chi connectivity index (χ3v) is 3.97. The SMILES string of the molecule is CC1C(c2ccccc2)=CC(=O)C12CC2. The summed E-state index contributed by atoms with van der Waals surface area (Å²) in [5.74, 6) is 0.765. The lowest BCUT2D eigenvalue weighted by atomic mass is 9.87. The molecule has 1 aromatic rings. The van der Waals surface area contributed by atoms with Crippen molar-refractivity contribution in [3.63, 3.8) is 0 Å². The Morgan fingerprint density at radius 3 is 2.40 bits per heavy atom. The molecular weight excluding hydrogens is 184 g/mol. The number of benzene rings is 1. The molecule has 0 amide bonds. The van der Waals surface area contributed by atoms with Gasteiger partial charge in [0.25, 0.3) is 0 Å². The number of rotatable bonds is 1. The first-order chi connectivity index (χ1) is 7.24. The molecule has 1 saturated carbocycles. The predicted molar refractivity (Wildman–Crippen MR) is 60.3 cm³/mol. The summed E-state index contributed by atoms with van der Waals surface area (Å²) in [4.78, 5) is 11.9. The van der Waals surface area contributed by atoms with E-state index in [0.29, 0.717) is 11.7 Å². The van der Waals surface area contributed by atoms with Crippen molar-refractivity contribution in [2.24, 2.45) is 11.3 Å². The van der Waals surface area contributed by atoms with Gasteiger partial charge >= 0.3 is 0 Å². The number of hydrogen-bond acceptors (Lipinski definition) is 1. The minimum Gasteiger partial charge on any atom is -0.294 e. The summed E-state index contributed by atoms with van der Waals surface area (Å²) in [6.07, 6.45) is 4.03. The van der Waals surface area contributed by atoms with Crippen molar-refractivity contribution >= 4 is 11.4 Å². The number of carbonyl (C=O) groups is 1. The van der Waals surface area contributed by atoms with Gasteiger partial charge in [-0.25, -0.2) is 0 Å². The number of carbonyl (C=O) groups excluding carboxylic acids is 1. The molecule has 0 heterocycles. The Hall–Kier alpha value is -1.37. The third kappa shape index (κ3) is 1.12. The van der Waals surface area contributed by atoms with Crippen LogP contribution in [0.4, 0.5) is 0 Å². The van der Waals surface area contributed by atoms with E-state index in [1.54, 1.807) is 0 Å². The first-order valence-corrected chi connectivity index (χ1v) is 5.55. The zero-order valence-electron chi connectivity index (χ0n) is 8.86. The van der Waals surface area contributed by atoms with Crippen molar-refractivity contribution in [3.05, 3.63) is 42.0 Å². The number of allylic oxidation sites excluding steroid dienone is 2. The lowest BCUT2D eigenvalue weighted by molar-refractivity contribution is -0.119. The Balaban J connectivity index is 2.02. The molecule has 1 fully saturated rings. The molecule has 76 valence electrons. The van der Waals surface area contributed by atoms with Gasteiger partial charge in [-0.2, -0.15) is 0 Å². The van der Waals surface area contributed by atoms with Crippen molar-refractivity contribution in [1.29, 1.82) is 0 Å². The van der Waals surface area contributed by atoms with Crippen molar-refractivity contribution in [3.8, 4) is 0 Å². The monoisotopic (exact) mass is 198 g/mol. The highest BCUT2D eigenvalue weighted by atomic mass is 16.1. The molecule has 0 N–H and O–H groups in total. The van der Waals surface area contributed by atoms with E-state index in [1.807, 2.05) is 24.3 Å². The average Bonchev–Trinajstić information content (AvgIpc) is 3.03. The van der Waals surface area contributed by atoms with E-state index in [1.165, 1.54) is 11.1 Å². The smallest absolute Gasteiger partial charge is 0.162 e. The minimum atomic E-state index is 0.00513. The Kier molecular flexibility index (Phi) is 1.67. The second-order valence-electron chi connectivity index (χ2n) is 4.71. The fourth-order valence-corrected chi connectivity index (χ4v) is 2.70. The van der Waals surface area contributed by atoms with E-state index < -0.39 is 0 Å². The first kappa shape index (κ1) is 8.90. The second-order valence-corrected chi connectivity index (χ2v) is 4.71. The molecular formula is C14H14O. The summed E-state index contributed by atoms with van der Waals surface area (Å²) in [7, 11) is 0. The predicted octanol–water partition coefficient (Wildman–Crippen LogP) is 3.07. The maximum atomic E-state index is 11.9. The molecule has 0 aliphatic heterocycles. The summed E-state index contributed by atoms with van der Waals surface area (Å²) < 4.78 is 0. The summed E-state index contributed by atoms with van der Waals surface area (Å²) in [6.45, 7) is 2.19. The second kappa shape index (κ2) is 2.82. The van der Waals surface area contributed by atoms with Crippen LogP contribution in [-0.2, 0) is 4.79 Å². The molecule has 0 saturated heterocycles. The molecule has 2 aliphatic carbocycles. The van der Waals surface area contributed by atoms with Crippen LogP contribution in [0.5, 0.6) is 0 Å². The van der Waals surface area contributed by atoms with E-state index in [0.717, 1.165) is 12.8 Å². The lowest BCUT2D eigenvalue weighted by Crippen LogP contribution is -2.15. The Morgan fingerprint density at radius 2 is 1.87 bits per heavy atom. The van der Waals surface area contributed by atoms with Crippen LogP contribution in [0, 0.1) is 11.3 Å². The Labute approximate surface area is 89.8 Å². The van der Waals surface area contributed by atoms with Gasteiger partial charge in [0.1, 0.15) is 0 Å². The highest BCUT2D eigenvalue weighted by Gasteiger charge is 2.56. The first-order valence-electron chi connectivity index (χ1n) is 5.55. The van der Waals surface area contributed by atoms with Gasteiger partial charge in [-0.15, -0.1) is 0 Å². The molecule has 1 heteroatoms. The van der Waals surface area contributed by atoms with E-state index in [9.17, 15) is 4.79 Å². The summed E-state index contributed by atoms with van der Waals surface area (Å²) in [5.41, 5.74) is 2.45. The van der Waals surface area contributed by atoms with Crippen molar-refractivity contribution in [2.75, 3.05) is 0 Å². The Morgan fingerprint density at radius 1 is 1.20 bits per heavy atom. The van der Waals surface area contributed by atoms with E-state index >= 15 is 0 Å². The zero-order valence-corrected chi connectivity index (χ0v) is 8.86. The number of hydrogen-bond donors (Lipinski definition) is 0. The normalized spacial score (nSPS) is 26.9. The van der Waals surface area contributed by atoms with Gasteiger partial charge in [0.2, 0.25) is 0 Å². The van der Waals surface area contributed by atoms with Gasteiger partial charge in [0.15, 0.2) is 5.78 Å². The van der Waals surface area contributed by atoms with Crippen molar-refractivity contribution < 1.29 is 4.79 Å². The van der Waals surface area contributed by atoms with Crippen LogP contribution >= 0.6 is 0 Å². The van der Waals surface area contributed by atoms with Gasteiger partial charge in [0, 0.05) is 5.41 Å². The summed E-state index contributed by atoms with van der Waals surface area (Å²) in [5, 5.41) is 0.